The van der Waals surface area contributed by atoms with Crippen molar-refractivity contribution in [3.63, 3.8) is 0 Å². The number of nitrogens with one attached hydrogen (secondary N) is 1. The summed E-state index contributed by atoms with van der Waals surface area (Å²) in [6.45, 7) is 5.69. The van der Waals surface area contributed by atoms with Crippen LogP contribution < -0.4 is 10.1 Å². The minimum absolute atomic E-state index is 0.490. The molecule has 0 saturated heterocycles. The van der Waals surface area contributed by atoms with Gasteiger partial charge in [0.1, 0.15) is 12.4 Å². The Bertz CT molecular complexity index is 569. The normalized spacial score (nSPS) is 11.1. The van der Waals surface area contributed by atoms with E-state index in [1.54, 1.807) is 29.5 Å². The first-order chi connectivity index (χ1) is 9.54. The Labute approximate surface area is 133 Å². The summed E-state index contributed by atoms with van der Waals surface area (Å²) in [7, 11) is 0. The average Bonchev–Trinajstić information content (AvgIpc) is 2.83. The highest BCUT2D eigenvalue weighted by atomic mass is 35.5. The summed E-state index contributed by atoms with van der Waals surface area (Å²) in [6.07, 6.45) is 0. The van der Waals surface area contributed by atoms with Gasteiger partial charge in [-0.1, -0.05) is 37.0 Å². The van der Waals surface area contributed by atoms with Crippen LogP contribution in [0.4, 0.5) is 0 Å². The fourth-order valence-corrected chi connectivity index (χ4v) is 2.99. The standard InChI is InChI=1S/C15H17Cl2NOS/c1-10(2)18-8-12-4-5-13(20-12)9-19-15-6-3-11(16)7-14(15)17/h3-7,10,18H,8-9H2,1-2H3. The highest BCUT2D eigenvalue weighted by Crippen LogP contribution is 2.28. The summed E-state index contributed by atoms with van der Waals surface area (Å²) in [5.41, 5.74) is 0. The molecule has 1 aromatic carbocycles. The van der Waals surface area contributed by atoms with E-state index in [0.29, 0.717) is 28.4 Å². The Hall–Kier alpha value is -0.740. The molecule has 0 fully saturated rings. The number of ether oxygens (including phenoxy) is 1. The van der Waals surface area contributed by atoms with Gasteiger partial charge in [-0.2, -0.15) is 0 Å². The first-order valence-electron chi connectivity index (χ1n) is 6.43. The molecule has 0 radical (unpaired) electrons. The van der Waals surface area contributed by atoms with Crippen molar-refractivity contribution in [1.82, 2.24) is 5.32 Å². The molecular weight excluding hydrogens is 313 g/mol. The summed E-state index contributed by atoms with van der Waals surface area (Å²) in [5.74, 6) is 0.659. The molecule has 0 amide bonds. The lowest BCUT2D eigenvalue weighted by Crippen LogP contribution is -2.21. The van der Waals surface area contributed by atoms with Gasteiger partial charge >= 0.3 is 0 Å². The number of rotatable bonds is 6. The van der Waals surface area contributed by atoms with Gasteiger partial charge in [0.15, 0.2) is 0 Å². The number of hydrogen-bond acceptors (Lipinski definition) is 3. The molecule has 0 aliphatic rings. The largest absolute Gasteiger partial charge is 0.487 e. The molecule has 0 spiro atoms. The van der Waals surface area contributed by atoms with E-state index in [1.807, 2.05) is 0 Å². The maximum atomic E-state index is 6.07. The molecular formula is C15H17Cl2NOS. The van der Waals surface area contributed by atoms with Crippen LogP contribution in [0.5, 0.6) is 5.75 Å². The van der Waals surface area contributed by atoms with Crippen molar-refractivity contribution >= 4 is 34.5 Å². The van der Waals surface area contributed by atoms with Crippen molar-refractivity contribution in [3.05, 3.63) is 50.1 Å². The first kappa shape index (κ1) is 15.6. The third-order valence-electron chi connectivity index (χ3n) is 2.67. The number of hydrogen-bond donors (Lipinski definition) is 1. The molecule has 2 nitrogen and oxygen atoms in total. The molecule has 0 saturated carbocycles. The third-order valence-corrected chi connectivity index (χ3v) is 4.25. The van der Waals surface area contributed by atoms with Crippen LogP contribution in [0.15, 0.2) is 30.3 Å². The van der Waals surface area contributed by atoms with Crippen LogP contribution in [0.1, 0.15) is 23.6 Å². The highest BCUT2D eigenvalue weighted by Gasteiger charge is 2.05. The molecule has 1 heterocycles. The predicted octanol–water partition coefficient (Wildman–Crippen LogP) is 5.13. The molecule has 5 heteroatoms. The monoisotopic (exact) mass is 329 g/mol. The van der Waals surface area contributed by atoms with Crippen molar-refractivity contribution in [2.24, 2.45) is 0 Å². The van der Waals surface area contributed by atoms with Crippen molar-refractivity contribution in [2.75, 3.05) is 0 Å². The van der Waals surface area contributed by atoms with Crippen LogP contribution in [0.2, 0.25) is 10.0 Å². The van der Waals surface area contributed by atoms with Crippen molar-refractivity contribution in [1.29, 1.82) is 0 Å². The molecule has 1 N–H and O–H groups in total. The van der Waals surface area contributed by atoms with Crippen LogP contribution in [-0.2, 0) is 13.2 Å². The molecule has 0 aliphatic carbocycles. The van der Waals surface area contributed by atoms with Gasteiger partial charge in [0.25, 0.3) is 0 Å². The van der Waals surface area contributed by atoms with Gasteiger partial charge in [0.05, 0.1) is 5.02 Å². The van der Waals surface area contributed by atoms with Gasteiger partial charge in [0.2, 0.25) is 0 Å². The SMILES string of the molecule is CC(C)NCc1ccc(COc2ccc(Cl)cc2Cl)s1. The third kappa shape index (κ3) is 4.67. The summed E-state index contributed by atoms with van der Waals surface area (Å²) in [5, 5.41) is 4.55. The van der Waals surface area contributed by atoms with E-state index in [1.165, 1.54) is 9.75 Å². The molecule has 2 rings (SSSR count). The summed E-state index contributed by atoms with van der Waals surface area (Å²) < 4.78 is 5.72. The second-order valence-corrected chi connectivity index (χ2v) is 6.86. The van der Waals surface area contributed by atoms with E-state index < -0.39 is 0 Å². The Morgan fingerprint density at radius 1 is 1.15 bits per heavy atom. The first-order valence-corrected chi connectivity index (χ1v) is 8.00. The minimum Gasteiger partial charge on any atom is -0.487 e. The zero-order valence-corrected chi connectivity index (χ0v) is 13.8. The summed E-state index contributed by atoms with van der Waals surface area (Å²) >= 11 is 13.7. The second-order valence-electron chi connectivity index (χ2n) is 4.77. The molecule has 108 valence electrons. The minimum atomic E-state index is 0.490. The van der Waals surface area contributed by atoms with Crippen LogP contribution in [0.25, 0.3) is 0 Å². The van der Waals surface area contributed by atoms with Crippen molar-refractivity contribution in [3.8, 4) is 5.75 Å². The van der Waals surface area contributed by atoms with Crippen LogP contribution in [0, 0.1) is 0 Å². The van der Waals surface area contributed by atoms with E-state index in [-0.39, 0.29) is 0 Å². The van der Waals surface area contributed by atoms with Gasteiger partial charge in [-0.15, -0.1) is 11.3 Å². The Morgan fingerprint density at radius 3 is 2.60 bits per heavy atom. The number of benzene rings is 1. The molecule has 0 bridgehead atoms. The zero-order chi connectivity index (χ0) is 14.5. The number of halogens is 2. The second kappa shape index (κ2) is 7.32. The van der Waals surface area contributed by atoms with E-state index in [4.69, 9.17) is 27.9 Å². The topological polar surface area (TPSA) is 21.3 Å². The van der Waals surface area contributed by atoms with Crippen LogP contribution >= 0.6 is 34.5 Å². The number of thiophene rings is 1. The lowest BCUT2D eigenvalue weighted by atomic mass is 10.3. The molecule has 20 heavy (non-hydrogen) atoms. The van der Waals surface area contributed by atoms with E-state index >= 15 is 0 Å². The van der Waals surface area contributed by atoms with Gasteiger partial charge in [-0.25, -0.2) is 0 Å². The fraction of sp³-hybridized carbons (Fsp3) is 0.333. The molecule has 0 aliphatic heterocycles. The van der Waals surface area contributed by atoms with Gasteiger partial charge in [-0.3, -0.25) is 0 Å². The lowest BCUT2D eigenvalue weighted by Gasteiger charge is -2.07. The van der Waals surface area contributed by atoms with E-state index in [9.17, 15) is 0 Å². The Kier molecular flexibility index (Phi) is 5.73. The van der Waals surface area contributed by atoms with Crippen molar-refractivity contribution < 1.29 is 4.74 Å². The predicted molar refractivity (Wildman–Crippen MR) is 87.1 cm³/mol. The average molecular weight is 330 g/mol. The zero-order valence-electron chi connectivity index (χ0n) is 11.5. The van der Waals surface area contributed by atoms with Gasteiger partial charge in [-0.05, 0) is 30.3 Å². The molecule has 2 aromatic rings. The maximum Gasteiger partial charge on any atom is 0.138 e. The van der Waals surface area contributed by atoms with Crippen molar-refractivity contribution in [2.45, 2.75) is 33.0 Å². The van der Waals surface area contributed by atoms with Crippen LogP contribution in [0.3, 0.4) is 0 Å². The molecule has 0 atom stereocenters. The summed E-state index contributed by atoms with van der Waals surface area (Å²) in [4.78, 5) is 2.48. The van der Waals surface area contributed by atoms with Gasteiger partial charge < -0.3 is 10.1 Å². The molecule has 0 unspecified atom stereocenters. The Morgan fingerprint density at radius 2 is 1.90 bits per heavy atom. The fourth-order valence-electron chi connectivity index (χ4n) is 1.64. The molecule has 1 aromatic heterocycles. The highest BCUT2D eigenvalue weighted by molar-refractivity contribution is 7.11. The summed E-state index contributed by atoms with van der Waals surface area (Å²) in [6, 6.07) is 9.96. The van der Waals surface area contributed by atoms with Gasteiger partial charge in [0, 0.05) is 27.4 Å². The Balaban J connectivity index is 1.90. The lowest BCUT2D eigenvalue weighted by molar-refractivity contribution is 0.310. The van der Waals surface area contributed by atoms with Crippen LogP contribution in [-0.4, -0.2) is 6.04 Å². The quantitative estimate of drug-likeness (QED) is 0.792. The van der Waals surface area contributed by atoms with E-state index in [0.717, 1.165) is 6.54 Å². The maximum absolute atomic E-state index is 6.07. The van der Waals surface area contributed by atoms with E-state index in [2.05, 4.69) is 31.3 Å². The smallest absolute Gasteiger partial charge is 0.138 e.